The van der Waals surface area contributed by atoms with Gasteiger partial charge in [0.1, 0.15) is 12.4 Å². The second kappa shape index (κ2) is 14.3. The van der Waals surface area contributed by atoms with E-state index in [0.29, 0.717) is 48.8 Å². The summed E-state index contributed by atoms with van der Waals surface area (Å²) >= 11 is 0. The maximum Gasteiger partial charge on any atom is 0.418 e. The molecule has 11 nitrogen and oxygen atoms in total. The Hall–Kier alpha value is -5.12. The van der Waals surface area contributed by atoms with E-state index in [1.165, 1.54) is 11.8 Å². The highest BCUT2D eigenvalue weighted by molar-refractivity contribution is 5.95. The van der Waals surface area contributed by atoms with E-state index < -0.39 is 40.5 Å². The zero-order chi connectivity index (χ0) is 38.5. The van der Waals surface area contributed by atoms with Crippen LogP contribution in [0, 0.1) is 29.5 Å². The predicted molar refractivity (Wildman–Crippen MR) is 193 cm³/mol. The maximum absolute atomic E-state index is 15.8. The van der Waals surface area contributed by atoms with Crippen molar-refractivity contribution in [2.75, 3.05) is 51.0 Å². The Bertz CT molecular complexity index is 2160. The Morgan fingerprint density at radius 2 is 1.93 bits per heavy atom. The van der Waals surface area contributed by atoms with Gasteiger partial charge in [-0.15, -0.1) is 11.8 Å². The Kier molecular flexibility index (Phi) is 9.83. The molecule has 4 aliphatic rings. The summed E-state index contributed by atoms with van der Waals surface area (Å²) in [4.78, 5) is 28.7. The van der Waals surface area contributed by atoms with Crippen LogP contribution in [0.15, 0.2) is 18.2 Å². The second-order valence-corrected chi connectivity index (χ2v) is 14.5. The van der Waals surface area contributed by atoms with Crippen LogP contribution in [0.4, 0.5) is 29.1 Å². The molecule has 2 fully saturated rings. The fourth-order valence-electron chi connectivity index (χ4n) is 8.24. The van der Waals surface area contributed by atoms with Crippen molar-refractivity contribution in [3.8, 4) is 29.7 Å². The minimum absolute atomic E-state index is 0.0552. The third-order valence-electron chi connectivity index (χ3n) is 10.6. The van der Waals surface area contributed by atoms with E-state index in [2.05, 4.69) is 40.3 Å². The number of nitrogens with two attached hydrogens (primary N) is 1. The molecule has 0 saturated carbocycles. The molecule has 15 heteroatoms. The summed E-state index contributed by atoms with van der Waals surface area (Å²) in [5.74, 6) is 9.90. The molecule has 0 unspecified atom stereocenters. The Morgan fingerprint density at radius 3 is 2.65 bits per heavy atom. The van der Waals surface area contributed by atoms with E-state index in [1.807, 2.05) is 4.90 Å². The van der Waals surface area contributed by atoms with Gasteiger partial charge >= 0.3 is 12.2 Å². The average molecular weight is 747 g/mol. The van der Waals surface area contributed by atoms with Crippen LogP contribution < -0.4 is 15.4 Å². The van der Waals surface area contributed by atoms with Crippen LogP contribution in [0.1, 0.15) is 95.3 Å². The molecule has 0 spiro atoms. The number of hydrogen-bond acceptors (Lipinski definition) is 9. The number of amides is 1. The average Bonchev–Trinajstić information content (AvgIpc) is 3.70. The quantitative estimate of drug-likeness (QED) is 0.156. The van der Waals surface area contributed by atoms with Gasteiger partial charge in [-0.25, -0.2) is 4.39 Å². The van der Waals surface area contributed by atoms with Gasteiger partial charge in [0.15, 0.2) is 11.5 Å². The molecule has 6 heterocycles. The molecule has 3 aromatic rings. The highest BCUT2D eigenvalue weighted by atomic mass is 19.4. The lowest BCUT2D eigenvalue weighted by Gasteiger charge is -2.33. The number of ether oxygens (including phenoxy) is 2. The fourth-order valence-corrected chi connectivity index (χ4v) is 8.24. The first-order chi connectivity index (χ1) is 25.7. The third kappa shape index (κ3) is 6.64. The number of alkyl halides is 3. The molecule has 2 N–H and O–H groups in total. The topological polar surface area (TPSA) is 115 Å². The van der Waals surface area contributed by atoms with Gasteiger partial charge in [0.2, 0.25) is 0 Å². The van der Waals surface area contributed by atoms with Crippen LogP contribution in [0.2, 0.25) is 0 Å². The number of fused-ring (bicyclic) bond motifs is 3. The van der Waals surface area contributed by atoms with Crippen LogP contribution >= 0.6 is 0 Å². The fraction of sp³-hybridized carbons (Fsp3) is 0.487. The van der Waals surface area contributed by atoms with Gasteiger partial charge < -0.3 is 25.0 Å². The summed E-state index contributed by atoms with van der Waals surface area (Å²) in [6.07, 6.45) is -3.19. The van der Waals surface area contributed by atoms with Crippen molar-refractivity contribution in [3.63, 3.8) is 0 Å². The largest absolute Gasteiger partial charge is 0.461 e. The molecule has 1 amide bonds. The van der Waals surface area contributed by atoms with E-state index >= 15 is 4.39 Å². The number of carbonyl (C=O) groups excluding carboxylic acids is 1. The number of hydrogen-bond donors (Lipinski definition) is 1. The van der Waals surface area contributed by atoms with Gasteiger partial charge in [0.05, 0.1) is 53.0 Å². The van der Waals surface area contributed by atoms with Gasteiger partial charge in [-0.3, -0.25) is 14.4 Å². The molecule has 2 saturated heterocycles. The first kappa shape index (κ1) is 37.2. The van der Waals surface area contributed by atoms with Crippen LogP contribution in [0.25, 0.3) is 0 Å². The van der Waals surface area contributed by atoms with Crippen LogP contribution in [-0.2, 0) is 37.0 Å². The highest BCUT2D eigenvalue weighted by Gasteiger charge is 2.47. The molecule has 0 radical (unpaired) electrons. The van der Waals surface area contributed by atoms with E-state index in [-0.39, 0.29) is 42.7 Å². The number of anilines is 2. The van der Waals surface area contributed by atoms with Crippen molar-refractivity contribution in [2.24, 2.45) is 0 Å². The SMILES string of the molecule is C=C1CN2CCC[C@]2(COc2nc3c(c(N4CCCn5nc(C(=O)N(C)C)c(C#CC)c5C4)n2)CO[C@@H](c2c(F)c(N)cc(C#CC)c2C(F)(F)F)C3)C1. The van der Waals surface area contributed by atoms with Crippen LogP contribution in [0.3, 0.4) is 0 Å². The number of nitrogen functional groups attached to an aromatic ring is 1. The molecule has 7 rings (SSSR count). The monoisotopic (exact) mass is 746 g/mol. The number of carbonyl (C=O) groups is 1. The van der Waals surface area contributed by atoms with Crippen LogP contribution in [-0.4, -0.2) is 81.3 Å². The molecule has 0 bridgehead atoms. The molecule has 4 aliphatic heterocycles. The van der Waals surface area contributed by atoms with Crippen molar-refractivity contribution in [3.05, 3.63) is 68.9 Å². The standard InChI is InChI=1S/C39H42F4N8O3/c1-6-10-24-16-27(44)33(40)31(32(24)39(41,42)43)30-17-28-26(21-53-30)35(46-37(45-28)54-22-38-12-8-14-50(38)19-23(3)18-38)49-13-9-15-51-29(20-49)25(11-7-2)34(47-51)36(52)48(4)5/h16,30H,3,8-9,12-15,17-22,44H2,1-2,4-5H3/t30-,38-/m1/s1. The van der Waals surface area contributed by atoms with Crippen molar-refractivity contribution in [1.82, 2.24) is 29.5 Å². The number of aromatic nitrogens is 4. The summed E-state index contributed by atoms with van der Waals surface area (Å²) < 4.78 is 74.1. The normalized spacial score (nSPS) is 20.9. The van der Waals surface area contributed by atoms with Gasteiger partial charge in [-0.05, 0) is 52.1 Å². The Morgan fingerprint density at radius 1 is 1.15 bits per heavy atom. The van der Waals surface area contributed by atoms with Crippen molar-refractivity contribution in [1.29, 1.82) is 0 Å². The zero-order valence-electron chi connectivity index (χ0n) is 30.8. The molecule has 2 aromatic heterocycles. The Labute approximate surface area is 311 Å². The molecule has 284 valence electrons. The molecule has 54 heavy (non-hydrogen) atoms. The zero-order valence-corrected chi connectivity index (χ0v) is 30.8. The summed E-state index contributed by atoms with van der Waals surface area (Å²) in [5.41, 5.74) is 6.37. The van der Waals surface area contributed by atoms with Crippen molar-refractivity contribution < 1.29 is 31.8 Å². The minimum atomic E-state index is -4.95. The number of nitrogens with zero attached hydrogens (tertiary/aromatic N) is 7. The lowest BCUT2D eigenvalue weighted by molar-refractivity contribution is -0.140. The molecule has 2 atom stereocenters. The molecular weight excluding hydrogens is 704 g/mol. The summed E-state index contributed by atoms with van der Waals surface area (Å²) in [6, 6.07) is 0.961. The van der Waals surface area contributed by atoms with E-state index in [1.54, 1.807) is 25.7 Å². The number of rotatable bonds is 6. The smallest absolute Gasteiger partial charge is 0.418 e. The lowest BCUT2D eigenvalue weighted by Crippen LogP contribution is -2.43. The summed E-state index contributed by atoms with van der Waals surface area (Å²) in [6.45, 7) is 10.4. The van der Waals surface area contributed by atoms with E-state index in [0.717, 1.165) is 49.7 Å². The predicted octanol–water partition coefficient (Wildman–Crippen LogP) is 5.26. The second-order valence-electron chi connectivity index (χ2n) is 14.5. The number of benzene rings is 1. The lowest BCUT2D eigenvalue weighted by atomic mass is 9.90. The van der Waals surface area contributed by atoms with E-state index in [9.17, 15) is 18.0 Å². The van der Waals surface area contributed by atoms with Gasteiger partial charge in [-0.2, -0.15) is 28.2 Å². The van der Waals surface area contributed by atoms with Gasteiger partial charge in [-0.1, -0.05) is 24.0 Å². The maximum atomic E-state index is 15.8. The first-order valence-electron chi connectivity index (χ1n) is 17.9. The Balaban J connectivity index is 1.32. The van der Waals surface area contributed by atoms with Crippen molar-refractivity contribution >= 4 is 17.4 Å². The molecular formula is C39H42F4N8O3. The third-order valence-corrected chi connectivity index (χ3v) is 10.6. The van der Waals surface area contributed by atoms with Crippen LogP contribution in [0.5, 0.6) is 6.01 Å². The highest BCUT2D eigenvalue weighted by Crippen LogP contribution is 2.45. The van der Waals surface area contributed by atoms with E-state index in [4.69, 9.17) is 25.2 Å². The summed E-state index contributed by atoms with van der Waals surface area (Å²) in [5, 5.41) is 4.66. The van der Waals surface area contributed by atoms with Gasteiger partial charge in [0, 0.05) is 56.8 Å². The minimum Gasteiger partial charge on any atom is -0.461 e. The number of halogens is 4. The summed E-state index contributed by atoms with van der Waals surface area (Å²) in [7, 11) is 3.31. The molecule has 0 aliphatic carbocycles. The number of aryl methyl sites for hydroxylation is 1. The first-order valence-corrected chi connectivity index (χ1v) is 17.9. The van der Waals surface area contributed by atoms with Gasteiger partial charge in [0.25, 0.3) is 5.91 Å². The van der Waals surface area contributed by atoms with Crippen molar-refractivity contribution in [2.45, 2.75) is 83.5 Å². The molecule has 1 aromatic carbocycles.